The van der Waals surface area contributed by atoms with Crippen LogP contribution in [0.2, 0.25) is 0 Å². The Bertz CT molecular complexity index is 1700. The van der Waals surface area contributed by atoms with E-state index in [2.05, 4.69) is 114 Å². The van der Waals surface area contributed by atoms with E-state index in [1.165, 1.54) is 21.9 Å². The molecule has 1 heterocycles. The normalized spacial score (nSPS) is 17.5. The molecule has 0 spiro atoms. The van der Waals surface area contributed by atoms with Gasteiger partial charge in [-0.2, -0.15) is 0 Å². The van der Waals surface area contributed by atoms with E-state index in [1.807, 2.05) is 37.3 Å². The van der Waals surface area contributed by atoms with E-state index < -0.39 is 0 Å². The zero-order valence-corrected chi connectivity index (χ0v) is 22.5. The van der Waals surface area contributed by atoms with Gasteiger partial charge >= 0.3 is 0 Å². The van der Waals surface area contributed by atoms with E-state index in [4.69, 9.17) is 10.7 Å². The van der Waals surface area contributed by atoms with Gasteiger partial charge in [0.15, 0.2) is 0 Å². The number of rotatable bonds is 6. The average molecular weight is 521 g/mol. The van der Waals surface area contributed by atoms with Gasteiger partial charge in [-0.1, -0.05) is 133 Å². The molecular weight excluding hydrogens is 488 g/mol. The summed E-state index contributed by atoms with van der Waals surface area (Å²) in [5, 5.41) is 9.70. The van der Waals surface area contributed by atoms with Crippen molar-refractivity contribution in [3.05, 3.63) is 162 Å². The largest absolute Gasteiger partial charge is 0.404 e. The van der Waals surface area contributed by atoms with Crippen LogP contribution in [0.5, 0.6) is 0 Å². The number of benzene rings is 5. The van der Waals surface area contributed by atoms with Gasteiger partial charge in [-0.25, -0.2) is 4.99 Å². The lowest BCUT2D eigenvalue weighted by molar-refractivity contribution is 0.409. The zero-order chi connectivity index (χ0) is 27.3. The molecule has 0 aliphatic carbocycles. The summed E-state index contributed by atoms with van der Waals surface area (Å²) in [6.45, 7) is 2.01. The van der Waals surface area contributed by atoms with Crippen LogP contribution >= 0.6 is 0 Å². The average Bonchev–Trinajstić information content (AvgIpc) is 3.04. The molecule has 0 amide bonds. The van der Waals surface area contributed by atoms with Crippen molar-refractivity contribution >= 4 is 22.2 Å². The monoisotopic (exact) mass is 520 g/mol. The molecule has 4 heteroatoms. The highest BCUT2D eigenvalue weighted by Crippen LogP contribution is 2.35. The minimum absolute atomic E-state index is 0.0934. The number of fused-ring (bicyclic) bond motifs is 1. The molecule has 196 valence electrons. The number of amidine groups is 1. The van der Waals surface area contributed by atoms with Crippen molar-refractivity contribution in [2.45, 2.75) is 19.3 Å². The van der Waals surface area contributed by atoms with E-state index in [9.17, 15) is 0 Å². The van der Waals surface area contributed by atoms with Crippen LogP contribution < -0.4 is 16.4 Å². The van der Waals surface area contributed by atoms with E-state index in [0.29, 0.717) is 0 Å². The first kappa shape index (κ1) is 25.4. The van der Waals surface area contributed by atoms with Crippen molar-refractivity contribution in [2.75, 3.05) is 0 Å². The highest BCUT2D eigenvalue weighted by Gasteiger charge is 2.25. The first-order chi connectivity index (χ1) is 19.7. The summed E-state index contributed by atoms with van der Waals surface area (Å²) in [6, 6.07) is 42.4. The van der Waals surface area contributed by atoms with Crippen molar-refractivity contribution in [3.63, 3.8) is 0 Å². The molecular formula is C36H32N4. The van der Waals surface area contributed by atoms with Crippen molar-refractivity contribution in [1.29, 1.82) is 0 Å². The molecule has 5 aromatic rings. The summed E-state index contributed by atoms with van der Waals surface area (Å²) in [7, 11) is 0. The summed E-state index contributed by atoms with van der Waals surface area (Å²) >= 11 is 0. The van der Waals surface area contributed by atoms with Crippen molar-refractivity contribution in [2.24, 2.45) is 10.7 Å². The number of allylic oxidation sites excluding steroid dienone is 3. The van der Waals surface area contributed by atoms with Gasteiger partial charge in [0.05, 0.1) is 0 Å². The Morgan fingerprint density at radius 2 is 1.38 bits per heavy atom. The molecule has 0 saturated heterocycles. The van der Waals surface area contributed by atoms with Gasteiger partial charge < -0.3 is 11.1 Å². The molecule has 2 atom stereocenters. The number of nitrogens with one attached hydrogen (secondary N) is 2. The second kappa shape index (κ2) is 11.4. The van der Waals surface area contributed by atoms with E-state index >= 15 is 0 Å². The van der Waals surface area contributed by atoms with Gasteiger partial charge in [-0.3, -0.25) is 5.32 Å². The Kier molecular flexibility index (Phi) is 7.25. The maximum atomic E-state index is 5.98. The molecule has 40 heavy (non-hydrogen) atoms. The van der Waals surface area contributed by atoms with Crippen LogP contribution in [0.1, 0.15) is 41.5 Å². The topological polar surface area (TPSA) is 62.4 Å². The zero-order valence-electron chi connectivity index (χ0n) is 22.5. The second-order valence-corrected chi connectivity index (χ2v) is 9.85. The third-order valence-electron chi connectivity index (χ3n) is 7.34. The molecule has 0 fully saturated rings. The van der Waals surface area contributed by atoms with Crippen LogP contribution in [0.15, 0.2) is 145 Å². The first-order valence-corrected chi connectivity index (χ1v) is 13.6. The SMILES string of the molecule is C/C=C\C(=C/N)c1ccc(-c2ccc(C3NC(c4ccccc4)=NC(c4ccccc4)N3)cc2)c2ccccc12. The van der Waals surface area contributed by atoms with Crippen molar-refractivity contribution in [1.82, 2.24) is 10.6 Å². The summed E-state index contributed by atoms with van der Waals surface area (Å²) in [5.41, 5.74) is 13.8. The lowest BCUT2D eigenvalue weighted by Crippen LogP contribution is -2.44. The summed E-state index contributed by atoms with van der Waals surface area (Å²) in [5.74, 6) is 0.883. The van der Waals surface area contributed by atoms with Gasteiger partial charge in [0.2, 0.25) is 0 Å². The molecule has 0 saturated carbocycles. The molecule has 2 unspecified atom stereocenters. The van der Waals surface area contributed by atoms with E-state index in [1.54, 1.807) is 6.20 Å². The predicted molar refractivity (Wildman–Crippen MR) is 168 cm³/mol. The predicted octanol–water partition coefficient (Wildman–Crippen LogP) is 7.72. The number of hydrogen-bond acceptors (Lipinski definition) is 4. The fourth-order valence-electron chi connectivity index (χ4n) is 5.35. The van der Waals surface area contributed by atoms with Crippen molar-refractivity contribution < 1.29 is 0 Å². The van der Waals surface area contributed by atoms with Crippen LogP contribution in [0.3, 0.4) is 0 Å². The molecule has 0 aromatic heterocycles. The molecule has 6 rings (SSSR count). The Labute approximate surface area is 235 Å². The molecule has 5 aromatic carbocycles. The molecule has 4 N–H and O–H groups in total. The third-order valence-corrected chi connectivity index (χ3v) is 7.34. The first-order valence-electron chi connectivity index (χ1n) is 13.6. The van der Waals surface area contributed by atoms with Crippen LogP contribution in [0.25, 0.3) is 27.5 Å². The summed E-state index contributed by atoms with van der Waals surface area (Å²) < 4.78 is 0. The fourth-order valence-corrected chi connectivity index (χ4v) is 5.35. The minimum Gasteiger partial charge on any atom is -0.404 e. The van der Waals surface area contributed by atoms with Crippen LogP contribution in [0.4, 0.5) is 0 Å². The highest BCUT2D eigenvalue weighted by molar-refractivity contribution is 6.04. The Morgan fingerprint density at radius 3 is 2.08 bits per heavy atom. The maximum absolute atomic E-state index is 5.98. The lowest BCUT2D eigenvalue weighted by atomic mass is 9.91. The molecule has 4 nitrogen and oxygen atoms in total. The Hall–Kier alpha value is -4.93. The second-order valence-electron chi connectivity index (χ2n) is 9.85. The number of hydrogen-bond donors (Lipinski definition) is 3. The smallest absolute Gasteiger partial charge is 0.131 e. The molecule has 1 aliphatic heterocycles. The third kappa shape index (κ3) is 5.05. The van der Waals surface area contributed by atoms with Gasteiger partial charge in [0.1, 0.15) is 18.2 Å². The molecule has 0 bridgehead atoms. The maximum Gasteiger partial charge on any atom is 0.131 e. The van der Waals surface area contributed by atoms with Crippen LogP contribution in [0, 0.1) is 0 Å². The minimum atomic E-state index is -0.152. The number of aliphatic imine (C=N–C) groups is 1. The summed E-state index contributed by atoms with van der Waals surface area (Å²) in [6.07, 6.45) is 5.50. The quantitative estimate of drug-likeness (QED) is 0.201. The number of nitrogens with two attached hydrogens (primary N) is 1. The molecule has 0 radical (unpaired) electrons. The highest BCUT2D eigenvalue weighted by atomic mass is 15.3. The van der Waals surface area contributed by atoms with E-state index in [-0.39, 0.29) is 12.3 Å². The van der Waals surface area contributed by atoms with Gasteiger partial charge in [-0.15, -0.1) is 0 Å². The Morgan fingerprint density at radius 1 is 0.700 bits per heavy atom. The van der Waals surface area contributed by atoms with Gasteiger partial charge in [0.25, 0.3) is 0 Å². The van der Waals surface area contributed by atoms with E-state index in [0.717, 1.165) is 33.7 Å². The lowest BCUT2D eigenvalue weighted by Gasteiger charge is -2.32. The Balaban J connectivity index is 1.34. The van der Waals surface area contributed by atoms with Crippen molar-refractivity contribution in [3.8, 4) is 11.1 Å². The van der Waals surface area contributed by atoms with Crippen LogP contribution in [-0.4, -0.2) is 5.84 Å². The fraction of sp³-hybridized carbons (Fsp3) is 0.0833. The van der Waals surface area contributed by atoms with Crippen LogP contribution in [-0.2, 0) is 0 Å². The number of nitrogens with zero attached hydrogens (tertiary/aromatic N) is 1. The molecule has 1 aliphatic rings. The standard InChI is InChI=1S/C36H32N4/c1-2-11-29(24-37)31-23-22-30(32-16-9-10-17-33(31)32)25-18-20-28(21-19-25)36-39-34(26-12-5-3-6-13-26)38-35(40-36)27-14-7-4-8-15-27/h2-24,34,36,39H,37H2,1H3,(H,38,40)/b11-2-,29-24+. The van der Waals surface area contributed by atoms with Gasteiger partial charge in [0, 0.05) is 11.8 Å². The van der Waals surface area contributed by atoms with Gasteiger partial charge in [-0.05, 0) is 51.1 Å². The summed E-state index contributed by atoms with van der Waals surface area (Å²) in [4.78, 5) is 5.02.